The highest BCUT2D eigenvalue weighted by Crippen LogP contribution is 2.37. The van der Waals surface area contributed by atoms with Crippen molar-refractivity contribution in [2.24, 2.45) is 10.9 Å². The van der Waals surface area contributed by atoms with Crippen LogP contribution >= 0.6 is 0 Å². The molecular weight excluding hydrogens is 276 g/mol. The Morgan fingerprint density at radius 3 is 2.91 bits per heavy atom. The molecule has 2 heterocycles. The first kappa shape index (κ1) is 13.5. The van der Waals surface area contributed by atoms with Crippen molar-refractivity contribution in [1.29, 1.82) is 0 Å². The molecule has 0 fully saturated rings. The number of benzene rings is 1. The van der Waals surface area contributed by atoms with Crippen LogP contribution in [0.3, 0.4) is 0 Å². The Balaban J connectivity index is 1.81. The normalized spacial score (nSPS) is 29.3. The molecule has 4 nitrogen and oxygen atoms in total. The average molecular weight is 294 g/mol. The second kappa shape index (κ2) is 4.92. The maximum Gasteiger partial charge on any atom is 0.260 e. The number of carbonyl (C=O) groups excluding carboxylic acids is 1. The summed E-state index contributed by atoms with van der Waals surface area (Å²) >= 11 is 0. The Kier molecular flexibility index (Phi) is 3.01. The van der Waals surface area contributed by atoms with E-state index in [0.29, 0.717) is 5.57 Å². The van der Waals surface area contributed by atoms with E-state index in [1.807, 2.05) is 41.5 Å². The summed E-state index contributed by atoms with van der Waals surface area (Å²) in [5.41, 5.74) is 3.63. The van der Waals surface area contributed by atoms with Crippen LogP contribution in [0.4, 0.5) is 5.69 Å². The third kappa shape index (κ3) is 1.87. The van der Waals surface area contributed by atoms with Crippen molar-refractivity contribution in [3.63, 3.8) is 0 Å². The molecule has 0 N–H and O–H groups in total. The number of ether oxygens (including phenoxy) is 1. The van der Waals surface area contributed by atoms with E-state index in [2.05, 4.69) is 18.0 Å². The van der Waals surface area contributed by atoms with E-state index < -0.39 is 0 Å². The number of nitrogens with zero attached hydrogens (tertiary/aromatic N) is 2. The molecular formula is C18H18N2O2. The summed E-state index contributed by atoms with van der Waals surface area (Å²) in [7, 11) is 1.68. The number of amides is 1. The Morgan fingerprint density at radius 2 is 2.09 bits per heavy atom. The van der Waals surface area contributed by atoms with Crippen LogP contribution in [0.2, 0.25) is 0 Å². The first-order valence-electron chi connectivity index (χ1n) is 7.61. The topological polar surface area (TPSA) is 41.9 Å². The van der Waals surface area contributed by atoms with Crippen LogP contribution < -0.4 is 4.90 Å². The van der Waals surface area contributed by atoms with Crippen LogP contribution in [0.1, 0.15) is 12.5 Å². The largest absolute Gasteiger partial charge is 0.377 e. The van der Waals surface area contributed by atoms with Gasteiger partial charge in [-0.25, -0.2) is 0 Å². The Morgan fingerprint density at radius 1 is 1.27 bits per heavy atom. The van der Waals surface area contributed by atoms with E-state index in [0.717, 1.165) is 17.8 Å². The molecule has 4 rings (SSSR count). The first-order valence-corrected chi connectivity index (χ1v) is 7.61. The lowest BCUT2D eigenvalue weighted by molar-refractivity contribution is -0.115. The summed E-state index contributed by atoms with van der Waals surface area (Å²) in [6.45, 7) is 2.08. The number of hydrogen-bond donors (Lipinski definition) is 0. The summed E-state index contributed by atoms with van der Waals surface area (Å²) in [6, 6.07) is 8.09. The molecule has 1 aromatic rings. The minimum Gasteiger partial charge on any atom is -0.377 e. The number of carbonyl (C=O) groups is 1. The van der Waals surface area contributed by atoms with Crippen molar-refractivity contribution in [1.82, 2.24) is 0 Å². The van der Waals surface area contributed by atoms with Gasteiger partial charge in [0.15, 0.2) is 0 Å². The maximum atomic E-state index is 13.1. The van der Waals surface area contributed by atoms with Gasteiger partial charge in [0.25, 0.3) is 5.91 Å². The fourth-order valence-electron chi connectivity index (χ4n) is 3.50. The Hall–Kier alpha value is -2.20. The fraction of sp³-hybridized carbons (Fsp3) is 0.333. The summed E-state index contributed by atoms with van der Waals surface area (Å²) < 4.78 is 5.48. The molecule has 2 aliphatic heterocycles. The van der Waals surface area contributed by atoms with Crippen molar-refractivity contribution < 1.29 is 9.53 Å². The average Bonchev–Trinajstić information content (AvgIpc) is 2.84. The van der Waals surface area contributed by atoms with Crippen LogP contribution in [0.25, 0.3) is 0 Å². The third-order valence-electron chi connectivity index (χ3n) is 4.66. The molecule has 3 aliphatic rings. The molecule has 3 atom stereocenters. The third-order valence-corrected chi connectivity index (χ3v) is 4.66. The number of aliphatic imine (C=N–C) groups is 1. The van der Waals surface area contributed by atoms with Crippen LogP contribution in [0, 0.1) is 5.92 Å². The van der Waals surface area contributed by atoms with E-state index in [4.69, 9.17) is 4.74 Å². The second-order valence-corrected chi connectivity index (χ2v) is 6.05. The van der Waals surface area contributed by atoms with Gasteiger partial charge in [0, 0.05) is 31.4 Å². The summed E-state index contributed by atoms with van der Waals surface area (Å²) in [5.74, 6) is 0.238. The van der Waals surface area contributed by atoms with Crippen molar-refractivity contribution in [2.45, 2.75) is 25.5 Å². The number of hydrogen-bond acceptors (Lipinski definition) is 3. The molecule has 2 unspecified atom stereocenters. The van der Waals surface area contributed by atoms with Crippen molar-refractivity contribution in [2.75, 3.05) is 12.0 Å². The minimum atomic E-state index is -0.0766. The predicted molar refractivity (Wildman–Crippen MR) is 86.0 cm³/mol. The Labute approximate surface area is 129 Å². The van der Waals surface area contributed by atoms with E-state index in [9.17, 15) is 4.79 Å². The monoisotopic (exact) mass is 294 g/mol. The smallest absolute Gasteiger partial charge is 0.260 e. The Bertz CT molecular complexity index is 732. The lowest BCUT2D eigenvalue weighted by Crippen LogP contribution is -2.39. The van der Waals surface area contributed by atoms with Gasteiger partial charge in [0.05, 0.1) is 23.4 Å². The van der Waals surface area contributed by atoms with Gasteiger partial charge in [-0.05, 0) is 17.7 Å². The summed E-state index contributed by atoms with van der Waals surface area (Å²) in [6.07, 6.45) is 6.61. The van der Waals surface area contributed by atoms with Gasteiger partial charge in [0.2, 0.25) is 0 Å². The number of rotatable bonds is 1. The van der Waals surface area contributed by atoms with Gasteiger partial charge in [0.1, 0.15) is 0 Å². The van der Waals surface area contributed by atoms with E-state index in [1.165, 1.54) is 5.56 Å². The molecule has 112 valence electrons. The number of anilines is 1. The maximum absolute atomic E-state index is 13.1. The first-order chi connectivity index (χ1) is 10.7. The highest BCUT2D eigenvalue weighted by molar-refractivity contribution is 6.13. The predicted octanol–water partition coefficient (Wildman–Crippen LogP) is 2.50. The zero-order valence-corrected chi connectivity index (χ0v) is 12.7. The van der Waals surface area contributed by atoms with Crippen LogP contribution in [-0.4, -0.2) is 31.4 Å². The fourth-order valence-corrected chi connectivity index (χ4v) is 3.50. The van der Waals surface area contributed by atoms with Gasteiger partial charge in [-0.15, -0.1) is 0 Å². The van der Waals surface area contributed by atoms with Crippen LogP contribution in [0.15, 0.2) is 52.7 Å². The van der Waals surface area contributed by atoms with Gasteiger partial charge in [-0.2, -0.15) is 0 Å². The second-order valence-electron chi connectivity index (χ2n) is 6.05. The number of methoxy groups -OCH3 is 1. The van der Waals surface area contributed by atoms with Gasteiger partial charge in [-0.1, -0.05) is 31.2 Å². The van der Waals surface area contributed by atoms with Crippen molar-refractivity contribution in [3.05, 3.63) is 53.3 Å². The van der Waals surface area contributed by atoms with E-state index in [1.54, 1.807) is 7.11 Å². The highest BCUT2D eigenvalue weighted by Gasteiger charge is 2.38. The molecule has 1 aromatic carbocycles. The zero-order chi connectivity index (χ0) is 15.3. The number of fused-ring (bicyclic) bond motifs is 4. The zero-order valence-electron chi connectivity index (χ0n) is 12.7. The molecule has 0 aromatic heterocycles. The molecule has 22 heavy (non-hydrogen) atoms. The lowest BCUT2D eigenvalue weighted by atomic mass is 9.92. The van der Waals surface area contributed by atoms with Crippen LogP contribution in [0.5, 0.6) is 0 Å². The van der Waals surface area contributed by atoms with Gasteiger partial charge >= 0.3 is 0 Å². The van der Waals surface area contributed by atoms with Gasteiger partial charge in [-0.3, -0.25) is 14.7 Å². The lowest BCUT2D eigenvalue weighted by Gasteiger charge is -2.26. The van der Waals surface area contributed by atoms with Gasteiger partial charge < -0.3 is 4.74 Å². The molecule has 1 amide bonds. The standard InChI is InChI=1S/C18H18N2O2/c1-11-7-15-14(9-17(11)22-2)18(21)20-13(10-19-15)8-12-5-3-4-6-16(12)20/h3-7,9-11,13,17H,8H2,1-2H3/t11?,13-,17?/m0/s1. The van der Waals surface area contributed by atoms with Crippen molar-refractivity contribution in [3.8, 4) is 0 Å². The van der Waals surface area contributed by atoms with Crippen LogP contribution in [-0.2, 0) is 16.0 Å². The summed E-state index contributed by atoms with van der Waals surface area (Å²) in [5, 5.41) is 0. The highest BCUT2D eigenvalue weighted by atomic mass is 16.5. The quantitative estimate of drug-likeness (QED) is 0.798. The van der Waals surface area contributed by atoms with E-state index in [-0.39, 0.29) is 24.0 Å². The van der Waals surface area contributed by atoms with Crippen molar-refractivity contribution >= 4 is 17.8 Å². The summed E-state index contributed by atoms with van der Waals surface area (Å²) in [4.78, 5) is 19.5. The molecule has 0 spiro atoms. The molecule has 1 aliphatic carbocycles. The van der Waals surface area contributed by atoms with E-state index >= 15 is 0 Å². The molecule has 0 saturated carbocycles. The SMILES string of the molecule is COC1C=C2C(=O)N3c4ccccc4C[C@H]3C=NC2=CC1C. The molecule has 4 heteroatoms. The minimum absolute atomic E-state index is 0.00796. The molecule has 0 bridgehead atoms. The molecule has 0 saturated heterocycles. The molecule has 0 radical (unpaired) electrons. The number of para-hydroxylation sites is 1.